The molecule has 1 fully saturated rings. The summed E-state index contributed by atoms with van der Waals surface area (Å²) < 4.78 is 32.7. The zero-order chi connectivity index (χ0) is 44.3. The monoisotopic (exact) mass is 871 g/mol. The zero-order valence-corrected chi connectivity index (χ0v) is 37.5. The molecule has 1 unspecified atom stereocenters. The molecule has 1 aliphatic rings. The minimum atomic E-state index is -4.70. The van der Waals surface area contributed by atoms with Gasteiger partial charge in [-0.05, 0) is 57.8 Å². The van der Waals surface area contributed by atoms with Gasteiger partial charge in [-0.2, -0.15) is 0 Å². The molecule has 1 rings (SSSR count). The normalized spacial score (nSPS) is 19.8. The first-order valence-corrected chi connectivity index (χ1v) is 24.2. The van der Waals surface area contributed by atoms with E-state index in [1.54, 1.807) is 12.2 Å². The van der Waals surface area contributed by atoms with Crippen LogP contribution in [0.1, 0.15) is 162 Å². The molecule has 0 aliphatic heterocycles. The molecule has 0 bridgehead atoms. The number of carbonyl (C=O) groups is 3. The van der Waals surface area contributed by atoms with E-state index in [4.69, 9.17) is 19.1 Å². The number of aliphatic hydroxyl groups is 4. The highest BCUT2D eigenvalue weighted by molar-refractivity contribution is 7.47. The Labute approximate surface area is 360 Å². The van der Waals surface area contributed by atoms with Crippen LogP contribution >= 0.6 is 7.82 Å². The van der Waals surface area contributed by atoms with Crippen molar-refractivity contribution in [2.75, 3.05) is 26.4 Å². The van der Waals surface area contributed by atoms with Crippen molar-refractivity contribution < 1.29 is 62.8 Å². The fourth-order valence-corrected chi connectivity index (χ4v) is 7.58. The molecule has 346 valence electrons. The Morgan fingerprint density at radius 1 is 0.750 bits per heavy atom. The number of Topliss-reactive ketones (excluding diaryl/α,β-unsaturated/α-hetero) is 1. The third kappa shape index (κ3) is 29.7. The Morgan fingerprint density at radius 3 is 2.03 bits per heavy atom. The number of phosphoric ester groups is 1. The molecule has 0 saturated heterocycles. The number of ketones is 1. The number of ether oxygens (including phenoxy) is 2. The second-order valence-electron chi connectivity index (χ2n) is 15.8. The van der Waals surface area contributed by atoms with Crippen molar-refractivity contribution in [2.45, 2.75) is 186 Å². The number of esters is 2. The van der Waals surface area contributed by atoms with E-state index in [9.17, 15) is 39.2 Å². The summed E-state index contributed by atoms with van der Waals surface area (Å²) in [6.45, 7) is 1.93. The van der Waals surface area contributed by atoms with Gasteiger partial charge in [0.05, 0.1) is 32.0 Å². The highest BCUT2D eigenvalue weighted by Crippen LogP contribution is 2.43. The molecule has 0 aromatic rings. The molecule has 60 heavy (non-hydrogen) atoms. The number of hydrogen-bond acceptors (Lipinski definition) is 12. The second kappa shape index (κ2) is 36.0. The molecular formula is C46H79O13P. The van der Waals surface area contributed by atoms with Gasteiger partial charge >= 0.3 is 19.8 Å². The van der Waals surface area contributed by atoms with Crippen LogP contribution in [0.25, 0.3) is 0 Å². The molecule has 13 nitrogen and oxygen atoms in total. The number of carbonyl (C=O) groups excluding carboxylic acids is 3. The predicted molar refractivity (Wildman–Crippen MR) is 234 cm³/mol. The highest BCUT2D eigenvalue weighted by Gasteiger charge is 2.39. The van der Waals surface area contributed by atoms with Gasteiger partial charge in [0.1, 0.15) is 18.5 Å². The lowest BCUT2D eigenvalue weighted by Gasteiger charge is -2.20. The van der Waals surface area contributed by atoms with Crippen molar-refractivity contribution >= 4 is 25.5 Å². The van der Waals surface area contributed by atoms with Crippen LogP contribution < -0.4 is 0 Å². The lowest BCUT2D eigenvalue weighted by atomic mass is 9.88. The maximum atomic E-state index is 12.7. The number of hydrogen-bond donors (Lipinski definition) is 5. The summed E-state index contributed by atoms with van der Waals surface area (Å²) in [6, 6.07) is 0. The van der Waals surface area contributed by atoms with Gasteiger partial charge in [-0.25, -0.2) is 4.57 Å². The minimum Gasteiger partial charge on any atom is -0.462 e. The van der Waals surface area contributed by atoms with Gasteiger partial charge in [-0.3, -0.25) is 23.4 Å². The maximum Gasteiger partial charge on any atom is 0.472 e. The van der Waals surface area contributed by atoms with Crippen molar-refractivity contribution in [1.29, 1.82) is 0 Å². The topological polar surface area (TPSA) is 206 Å². The van der Waals surface area contributed by atoms with Crippen molar-refractivity contribution in [1.82, 2.24) is 0 Å². The van der Waals surface area contributed by atoms with E-state index in [0.717, 1.165) is 51.4 Å². The summed E-state index contributed by atoms with van der Waals surface area (Å²) in [6.07, 6.45) is 31.3. The first-order valence-electron chi connectivity index (χ1n) is 22.7. The number of rotatable bonds is 38. The Kier molecular flexibility index (Phi) is 33.4. The molecule has 5 N–H and O–H groups in total. The number of unbranched alkanes of at least 4 members (excludes halogenated alkanes) is 12. The summed E-state index contributed by atoms with van der Waals surface area (Å²) in [5.41, 5.74) is 0. The van der Waals surface area contributed by atoms with Crippen LogP contribution in [0.15, 0.2) is 48.6 Å². The van der Waals surface area contributed by atoms with Crippen LogP contribution in [0.5, 0.6) is 0 Å². The molecule has 7 atom stereocenters. The van der Waals surface area contributed by atoms with E-state index in [1.165, 1.54) is 38.5 Å². The van der Waals surface area contributed by atoms with Crippen LogP contribution in [-0.2, 0) is 37.5 Å². The molecule has 0 radical (unpaired) electrons. The van der Waals surface area contributed by atoms with Crippen LogP contribution in [0.2, 0.25) is 0 Å². The first-order chi connectivity index (χ1) is 28.9. The quantitative estimate of drug-likeness (QED) is 0.0171. The molecule has 1 saturated carbocycles. The fraction of sp³-hybridized carbons (Fsp3) is 0.761. The van der Waals surface area contributed by atoms with Crippen LogP contribution in [-0.4, -0.2) is 93.9 Å². The Hall–Kier alpha value is -2.48. The second-order valence-corrected chi connectivity index (χ2v) is 17.3. The maximum absolute atomic E-state index is 12.7. The summed E-state index contributed by atoms with van der Waals surface area (Å²) in [4.78, 5) is 47.8. The summed E-state index contributed by atoms with van der Waals surface area (Å²) in [7, 11) is -4.70. The molecule has 0 aromatic carbocycles. The molecule has 0 aromatic heterocycles. The average Bonchev–Trinajstić information content (AvgIpc) is 3.49. The summed E-state index contributed by atoms with van der Waals surface area (Å²) >= 11 is 0. The molecular weight excluding hydrogens is 791 g/mol. The van der Waals surface area contributed by atoms with Crippen molar-refractivity contribution in [2.24, 2.45) is 11.8 Å². The minimum absolute atomic E-state index is 0.0190. The Balaban J connectivity index is 2.47. The van der Waals surface area contributed by atoms with Crippen molar-refractivity contribution in [3.63, 3.8) is 0 Å². The lowest BCUT2D eigenvalue weighted by molar-refractivity contribution is -0.161. The smallest absolute Gasteiger partial charge is 0.462 e. The highest BCUT2D eigenvalue weighted by atomic mass is 31.2. The van der Waals surface area contributed by atoms with Crippen molar-refractivity contribution in [3.05, 3.63) is 48.6 Å². The molecule has 14 heteroatoms. The number of allylic oxidation sites excluding steroid dienone is 6. The Morgan fingerprint density at radius 2 is 1.33 bits per heavy atom. The van der Waals surface area contributed by atoms with Crippen LogP contribution in [0.3, 0.4) is 0 Å². The van der Waals surface area contributed by atoms with Crippen molar-refractivity contribution in [3.8, 4) is 0 Å². The van der Waals surface area contributed by atoms with Gasteiger partial charge in [0.25, 0.3) is 0 Å². The Bertz CT molecular complexity index is 1300. The van der Waals surface area contributed by atoms with E-state index in [2.05, 4.69) is 42.7 Å². The van der Waals surface area contributed by atoms with E-state index >= 15 is 0 Å². The van der Waals surface area contributed by atoms with Gasteiger partial charge in [-0.1, -0.05) is 133 Å². The molecule has 0 spiro atoms. The molecule has 1 aliphatic carbocycles. The van der Waals surface area contributed by atoms with Gasteiger partial charge in [0.15, 0.2) is 6.10 Å². The largest absolute Gasteiger partial charge is 0.472 e. The number of aliphatic hydroxyl groups excluding tert-OH is 4. The van der Waals surface area contributed by atoms with E-state index in [1.807, 2.05) is 12.2 Å². The average molecular weight is 871 g/mol. The molecule has 0 heterocycles. The van der Waals surface area contributed by atoms with E-state index in [0.29, 0.717) is 38.5 Å². The molecule has 0 amide bonds. The van der Waals surface area contributed by atoms with E-state index < -0.39 is 70.6 Å². The zero-order valence-electron chi connectivity index (χ0n) is 36.6. The standard InChI is InChI=1S/C46H79O13P/c1-3-5-7-8-9-10-11-12-13-14-15-16-17-18-19-20-25-29-45(52)56-36-40(37-58-60(54,55)57-35-39(49)34-47)59-46(53)30-26-22-21-24-28-41-42(44(51)33-43(41)50)32-31-38(48)27-23-6-4-2/h12-13,15-16,18-19,31-32,38-42,44,47-49,51H,3-11,14,17,20-30,33-37H2,1-2H3,(H,54,55)/b13-12-,16-15-,19-18-,32-31+/t38-,39-,40+,41+,42+,44+/m0/s1. The van der Waals surface area contributed by atoms with Gasteiger partial charge in [-0.15, -0.1) is 0 Å². The fourth-order valence-electron chi connectivity index (χ4n) is 6.79. The van der Waals surface area contributed by atoms with Crippen LogP contribution in [0.4, 0.5) is 0 Å². The summed E-state index contributed by atoms with van der Waals surface area (Å²) in [5.74, 6) is -1.77. The lowest BCUT2D eigenvalue weighted by Crippen LogP contribution is -2.29. The van der Waals surface area contributed by atoms with E-state index in [-0.39, 0.29) is 36.9 Å². The van der Waals surface area contributed by atoms with Gasteiger partial charge in [0.2, 0.25) is 0 Å². The van der Waals surface area contributed by atoms with Gasteiger partial charge < -0.3 is 34.8 Å². The summed E-state index contributed by atoms with van der Waals surface area (Å²) in [5, 5.41) is 39.1. The first kappa shape index (κ1) is 55.5. The van der Waals surface area contributed by atoms with Gasteiger partial charge in [0, 0.05) is 31.1 Å². The third-order valence-electron chi connectivity index (χ3n) is 10.4. The van der Waals surface area contributed by atoms with Crippen LogP contribution in [0, 0.1) is 11.8 Å². The third-order valence-corrected chi connectivity index (χ3v) is 11.3. The number of phosphoric acid groups is 1. The SMILES string of the molecule is CCCCCCCC/C=C\C/C=C\C/C=C\CCCC(=O)OC[C@H](COP(=O)(O)OC[C@@H](O)CO)OC(=O)CCCCCC[C@H]1C(=O)C[C@@H](O)[C@@H]1/C=C/[C@@H](O)CCCCC. The predicted octanol–water partition coefficient (Wildman–Crippen LogP) is 8.70.